The number of hydrogen-bond donors (Lipinski definition) is 2. The number of carbonyl (C=O) groups excluding carboxylic acids is 2. The molecule has 0 bridgehead atoms. The van der Waals surface area contributed by atoms with Crippen LogP contribution in [0.1, 0.15) is 33.6 Å². The van der Waals surface area contributed by atoms with Crippen LogP contribution in [0.25, 0.3) is 0 Å². The molecule has 5 atom stereocenters. The van der Waals surface area contributed by atoms with Gasteiger partial charge in [0.05, 0.1) is 30.3 Å². The average Bonchev–Trinajstić information content (AvgIpc) is 3.30. The Morgan fingerprint density at radius 3 is 1.83 bits per heavy atom. The average molecular weight is 534 g/mol. The van der Waals surface area contributed by atoms with Crippen molar-refractivity contribution < 1.29 is 46.2 Å². The Labute approximate surface area is 199 Å². The van der Waals surface area contributed by atoms with E-state index in [0.717, 1.165) is 9.80 Å². The van der Waals surface area contributed by atoms with Crippen molar-refractivity contribution in [3.63, 3.8) is 0 Å². The van der Waals surface area contributed by atoms with Crippen LogP contribution in [0.5, 0.6) is 0 Å². The molecule has 0 aliphatic carbocycles. The normalized spacial score (nSPS) is 35.2. The van der Waals surface area contributed by atoms with Crippen LogP contribution in [0.4, 0.5) is 0 Å². The van der Waals surface area contributed by atoms with E-state index in [-0.39, 0.29) is 19.4 Å². The summed E-state index contributed by atoms with van der Waals surface area (Å²) in [4.78, 5) is 47.1. The maximum atomic E-state index is 12.5. The summed E-state index contributed by atoms with van der Waals surface area (Å²) in [5.74, 6) is -3.44. The monoisotopic (exact) mass is 533 g/mol. The van der Waals surface area contributed by atoms with Gasteiger partial charge in [0.2, 0.25) is 11.8 Å². The van der Waals surface area contributed by atoms with Gasteiger partial charge in [0.15, 0.2) is 25.7 Å². The molecule has 5 heterocycles. The SMILES string of the molecule is CC1(C)C(C(=O)O)N2C(=O)CC2S1(=O)=O.CC1(Cn2ccnn2)C(C(=O)O)N2C(=O)CC2S1(=O)=O. The van der Waals surface area contributed by atoms with Gasteiger partial charge in [-0.1, -0.05) is 5.21 Å². The van der Waals surface area contributed by atoms with Crippen LogP contribution in [0.3, 0.4) is 0 Å². The van der Waals surface area contributed by atoms with E-state index in [2.05, 4.69) is 10.3 Å². The lowest BCUT2D eigenvalue weighted by molar-refractivity contribution is -0.157. The molecule has 15 nitrogen and oxygen atoms in total. The van der Waals surface area contributed by atoms with E-state index in [9.17, 15) is 41.1 Å². The number of β-lactam (4-membered cyclic amide) rings is 2. The molecule has 0 radical (unpaired) electrons. The van der Waals surface area contributed by atoms with Crippen LogP contribution < -0.4 is 0 Å². The minimum Gasteiger partial charge on any atom is -0.480 e. The van der Waals surface area contributed by atoms with Crippen molar-refractivity contribution in [3.05, 3.63) is 12.4 Å². The van der Waals surface area contributed by atoms with Crippen LogP contribution in [0.2, 0.25) is 0 Å². The van der Waals surface area contributed by atoms with Crippen molar-refractivity contribution in [1.29, 1.82) is 0 Å². The highest BCUT2D eigenvalue weighted by molar-refractivity contribution is 7.94. The summed E-state index contributed by atoms with van der Waals surface area (Å²) < 4.78 is 47.1. The molecule has 0 aromatic carbocycles. The summed E-state index contributed by atoms with van der Waals surface area (Å²) in [5, 5.41) is 23.6. The molecule has 2 amide bonds. The van der Waals surface area contributed by atoms with Gasteiger partial charge in [0.1, 0.15) is 21.5 Å². The van der Waals surface area contributed by atoms with Gasteiger partial charge in [-0.05, 0) is 20.8 Å². The third-order valence-corrected chi connectivity index (χ3v) is 12.8. The molecule has 192 valence electrons. The second-order valence-corrected chi connectivity index (χ2v) is 14.8. The zero-order valence-electron chi connectivity index (χ0n) is 18.8. The number of carboxylic acid groups (broad SMARTS) is 2. The van der Waals surface area contributed by atoms with Gasteiger partial charge in [-0.15, -0.1) is 5.10 Å². The highest BCUT2D eigenvalue weighted by Crippen LogP contribution is 2.47. The maximum absolute atomic E-state index is 12.5. The summed E-state index contributed by atoms with van der Waals surface area (Å²) in [7, 11) is -7.36. The van der Waals surface area contributed by atoms with Gasteiger partial charge in [0, 0.05) is 6.20 Å². The predicted molar refractivity (Wildman–Crippen MR) is 114 cm³/mol. The molecule has 35 heavy (non-hydrogen) atoms. The number of nitrogens with zero attached hydrogens (tertiary/aromatic N) is 5. The van der Waals surface area contributed by atoms with Crippen molar-refractivity contribution >= 4 is 43.4 Å². The Morgan fingerprint density at radius 2 is 1.43 bits per heavy atom. The standard InChI is InChI=1S/C10H12N4O5S.C8H11NO5S/c1-10(5-13-3-2-11-12-13)8(9(16)17)14-6(15)4-7(14)20(10,18)19;1-8(2)6(7(11)12)9-4(10)3-5(9)15(8,13)14/h2-3,7-8H,4-5H2,1H3,(H,16,17);5-6H,3H2,1-2H3,(H,11,12). The first-order chi connectivity index (χ1) is 16.0. The fourth-order valence-electron chi connectivity index (χ4n) is 5.15. The maximum Gasteiger partial charge on any atom is 0.328 e. The molecule has 4 aliphatic rings. The molecular formula is C18H23N5O10S2. The van der Waals surface area contributed by atoms with Crippen molar-refractivity contribution in [1.82, 2.24) is 24.8 Å². The van der Waals surface area contributed by atoms with E-state index in [1.807, 2.05) is 0 Å². The van der Waals surface area contributed by atoms with Gasteiger partial charge in [-0.3, -0.25) is 14.3 Å². The Balaban J connectivity index is 0.000000172. The summed E-state index contributed by atoms with van der Waals surface area (Å²) in [6, 6.07) is -2.66. The van der Waals surface area contributed by atoms with E-state index < -0.39 is 75.8 Å². The molecule has 4 fully saturated rings. The van der Waals surface area contributed by atoms with Crippen molar-refractivity contribution in [2.75, 3.05) is 0 Å². The second kappa shape index (κ2) is 7.46. The molecule has 1 aromatic heterocycles. The number of sulfone groups is 2. The molecule has 1 aromatic rings. The Bertz CT molecular complexity index is 1340. The van der Waals surface area contributed by atoms with Gasteiger partial charge < -0.3 is 20.0 Å². The van der Waals surface area contributed by atoms with Crippen molar-refractivity contribution in [2.24, 2.45) is 0 Å². The van der Waals surface area contributed by atoms with E-state index in [1.54, 1.807) is 0 Å². The second-order valence-electron chi connectivity index (χ2n) is 9.51. The summed E-state index contributed by atoms with van der Waals surface area (Å²) in [5.41, 5.74) is 0. The molecule has 2 N–H and O–H groups in total. The zero-order valence-corrected chi connectivity index (χ0v) is 20.4. The number of hydrogen-bond acceptors (Lipinski definition) is 10. The number of carbonyl (C=O) groups is 4. The van der Waals surface area contributed by atoms with E-state index in [1.165, 1.54) is 37.8 Å². The molecule has 17 heteroatoms. The number of aromatic nitrogens is 3. The van der Waals surface area contributed by atoms with Crippen LogP contribution in [0.15, 0.2) is 12.4 Å². The zero-order chi connectivity index (χ0) is 26.3. The quantitative estimate of drug-likeness (QED) is 0.390. The summed E-state index contributed by atoms with van der Waals surface area (Å²) >= 11 is 0. The van der Waals surface area contributed by atoms with Gasteiger partial charge in [-0.2, -0.15) is 0 Å². The topological polar surface area (TPSA) is 214 Å². The highest BCUT2D eigenvalue weighted by Gasteiger charge is 2.70. The fourth-order valence-corrected chi connectivity index (χ4v) is 9.64. The number of amides is 2. The van der Waals surface area contributed by atoms with E-state index in [0.29, 0.717) is 0 Å². The van der Waals surface area contributed by atoms with Crippen LogP contribution in [-0.2, 0) is 45.4 Å². The first-order valence-corrected chi connectivity index (χ1v) is 13.5. The number of aliphatic carboxylic acids is 2. The number of fused-ring (bicyclic) bond motifs is 2. The Kier molecular flexibility index (Phi) is 5.33. The summed E-state index contributed by atoms with van der Waals surface area (Å²) in [6.07, 6.45) is 2.59. The van der Waals surface area contributed by atoms with Crippen molar-refractivity contribution in [3.8, 4) is 0 Å². The van der Waals surface area contributed by atoms with Gasteiger partial charge in [0.25, 0.3) is 0 Å². The largest absolute Gasteiger partial charge is 0.480 e. The Hall–Kier alpha value is -3.08. The van der Waals surface area contributed by atoms with Crippen LogP contribution in [-0.4, -0.2) is 108 Å². The van der Waals surface area contributed by atoms with Gasteiger partial charge >= 0.3 is 11.9 Å². The fraction of sp³-hybridized carbons (Fsp3) is 0.667. The third kappa shape index (κ3) is 3.13. The van der Waals surface area contributed by atoms with E-state index >= 15 is 0 Å². The molecule has 0 saturated carbocycles. The molecule has 4 saturated heterocycles. The van der Waals surface area contributed by atoms with Gasteiger partial charge in [-0.25, -0.2) is 26.4 Å². The van der Waals surface area contributed by atoms with E-state index in [4.69, 9.17) is 5.11 Å². The van der Waals surface area contributed by atoms with Crippen molar-refractivity contribution in [2.45, 2.75) is 72.5 Å². The first kappa shape index (κ1) is 25.0. The lowest BCUT2D eigenvalue weighted by Gasteiger charge is -2.35. The molecular weight excluding hydrogens is 510 g/mol. The third-order valence-electron chi connectivity index (χ3n) is 7.20. The predicted octanol–water partition coefficient (Wildman–Crippen LogP) is -2.32. The van der Waals surface area contributed by atoms with Crippen LogP contribution in [0, 0.1) is 0 Å². The minimum atomic E-state index is -3.80. The lowest BCUT2D eigenvalue weighted by Crippen LogP contribution is -2.58. The minimum absolute atomic E-state index is 0.0878. The molecule has 0 spiro atoms. The first-order valence-electron chi connectivity index (χ1n) is 10.4. The van der Waals surface area contributed by atoms with Crippen LogP contribution >= 0.6 is 0 Å². The smallest absolute Gasteiger partial charge is 0.328 e. The molecule has 4 aliphatic heterocycles. The lowest BCUT2D eigenvalue weighted by atomic mass is 9.96. The highest BCUT2D eigenvalue weighted by atomic mass is 32.2. The molecule has 5 rings (SSSR count). The number of rotatable bonds is 4. The summed E-state index contributed by atoms with van der Waals surface area (Å²) in [6.45, 7) is 3.89. The molecule has 5 unspecified atom stereocenters. The Morgan fingerprint density at radius 1 is 0.943 bits per heavy atom. The number of carboxylic acids is 2.